The molecule has 0 aromatic heterocycles. The van der Waals surface area contributed by atoms with Gasteiger partial charge in [0.25, 0.3) is 5.91 Å². The minimum atomic E-state index is -0.0885. The van der Waals surface area contributed by atoms with Gasteiger partial charge in [-0.15, -0.1) is 0 Å². The summed E-state index contributed by atoms with van der Waals surface area (Å²) >= 11 is 0. The second-order valence-electron chi connectivity index (χ2n) is 4.52. The van der Waals surface area contributed by atoms with Crippen molar-refractivity contribution >= 4 is 11.8 Å². The second kappa shape index (κ2) is 6.23. The van der Waals surface area contributed by atoms with Crippen LogP contribution in [-0.2, 0) is 4.79 Å². The third kappa shape index (κ3) is 2.82. The molecule has 0 spiro atoms. The highest BCUT2D eigenvalue weighted by molar-refractivity contribution is 5.97. The first-order chi connectivity index (χ1) is 9.67. The molecule has 1 fully saturated rings. The Labute approximate surface area is 118 Å². The Morgan fingerprint density at radius 1 is 1.15 bits per heavy atom. The SMILES string of the molecule is C=CC(=O)N1CCN(C(=O)c2ccccc2OC)CC1. The number of piperazine rings is 1. The van der Waals surface area contributed by atoms with Gasteiger partial charge < -0.3 is 14.5 Å². The van der Waals surface area contributed by atoms with Gasteiger partial charge in [0, 0.05) is 26.2 Å². The Bertz CT molecular complexity index is 520. The summed E-state index contributed by atoms with van der Waals surface area (Å²) in [7, 11) is 1.55. The molecule has 20 heavy (non-hydrogen) atoms. The van der Waals surface area contributed by atoms with Gasteiger partial charge in [0.05, 0.1) is 12.7 Å². The molecule has 1 aromatic carbocycles. The van der Waals surface area contributed by atoms with E-state index in [1.54, 1.807) is 29.0 Å². The van der Waals surface area contributed by atoms with Crippen LogP contribution in [0.3, 0.4) is 0 Å². The smallest absolute Gasteiger partial charge is 0.257 e. The number of hydrogen-bond donors (Lipinski definition) is 0. The topological polar surface area (TPSA) is 49.9 Å². The molecule has 106 valence electrons. The van der Waals surface area contributed by atoms with Crippen molar-refractivity contribution in [2.75, 3.05) is 33.3 Å². The molecule has 0 aliphatic carbocycles. The molecule has 0 unspecified atom stereocenters. The second-order valence-corrected chi connectivity index (χ2v) is 4.52. The van der Waals surface area contributed by atoms with E-state index in [4.69, 9.17) is 4.74 Å². The summed E-state index contributed by atoms with van der Waals surface area (Å²) in [6, 6.07) is 7.16. The number of rotatable bonds is 3. The third-order valence-electron chi connectivity index (χ3n) is 3.39. The lowest BCUT2D eigenvalue weighted by molar-refractivity contribution is -0.127. The Kier molecular flexibility index (Phi) is 4.40. The molecule has 0 N–H and O–H groups in total. The fraction of sp³-hybridized carbons (Fsp3) is 0.333. The summed E-state index contributed by atoms with van der Waals surface area (Å²) in [6.07, 6.45) is 1.30. The zero-order chi connectivity index (χ0) is 14.5. The molecule has 1 aliphatic heterocycles. The molecule has 5 heteroatoms. The van der Waals surface area contributed by atoms with Crippen LogP contribution in [0.15, 0.2) is 36.9 Å². The summed E-state index contributed by atoms with van der Waals surface area (Å²) in [5.74, 6) is 0.421. The van der Waals surface area contributed by atoms with Crippen LogP contribution in [0, 0.1) is 0 Å². The number of methoxy groups -OCH3 is 1. The van der Waals surface area contributed by atoms with E-state index in [0.29, 0.717) is 37.5 Å². The number of para-hydroxylation sites is 1. The van der Waals surface area contributed by atoms with Gasteiger partial charge in [-0.05, 0) is 18.2 Å². The van der Waals surface area contributed by atoms with Crippen molar-refractivity contribution in [3.8, 4) is 5.75 Å². The molecule has 0 saturated carbocycles. The fourth-order valence-electron chi connectivity index (χ4n) is 2.25. The van der Waals surface area contributed by atoms with E-state index in [9.17, 15) is 9.59 Å². The highest BCUT2D eigenvalue weighted by Gasteiger charge is 2.25. The van der Waals surface area contributed by atoms with Crippen molar-refractivity contribution in [3.63, 3.8) is 0 Å². The maximum absolute atomic E-state index is 12.4. The molecular formula is C15H18N2O3. The number of benzene rings is 1. The third-order valence-corrected chi connectivity index (χ3v) is 3.39. The summed E-state index contributed by atoms with van der Waals surface area (Å²) in [5, 5.41) is 0. The molecule has 5 nitrogen and oxygen atoms in total. The van der Waals surface area contributed by atoms with Gasteiger partial charge >= 0.3 is 0 Å². The first kappa shape index (κ1) is 14.1. The lowest BCUT2D eigenvalue weighted by Gasteiger charge is -2.34. The average molecular weight is 274 g/mol. The molecule has 0 radical (unpaired) electrons. The number of hydrogen-bond acceptors (Lipinski definition) is 3. The van der Waals surface area contributed by atoms with Crippen molar-refractivity contribution < 1.29 is 14.3 Å². The van der Waals surface area contributed by atoms with Crippen molar-refractivity contribution in [2.45, 2.75) is 0 Å². The van der Waals surface area contributed by atoms with E-state index in [0.717, 1.165) is 0 Å². The number of ether oxygens (including phenoxy) is 1. The van der Waals surface area contributed by atoms with Crippen LogP contribution in [0.25, 0.3) is 0 Å². The first-order valence-corrected chi connectivity index (χ1v) is 6.51. The van der Waals surface area contributed by atoms with E-state index in [1.807, 2.05) is 12.1 Å². The lowest BCUT2D eigenvalue weighted by atomic mass is 10.1. The van der Waals surface area contributed by atoms with E-state index in [2.05, 4.69) is 6.58 Å². The quantitative estimate of drug-likeness (QED) is 0.777. The van der Waals surface area contributed by atoms with Crippen molar-refractivity contribution in [2.24, 2.45) is 0 Å². The first-order valence-electron chi connectivity index (χ1n) is 6.51. The molecule has 1 aromatic rings. The number of carbonyl (C=O) groups excluding carboxylic acids is 2. The van der Waals surface area contributed by atoms with Crippen LogP contribution >= 0.6 is 0 Å². The molecule has 1 aliphatic rings. The van der Waals surface area contributed by atoms with Crippen LogP contribution in [0.4, 0.5) is 0 Å². The van der Waals surface area contributed by atoms with Gasteiger partial charge in [0.1, 0.15) is 5.75 Å². The van der Waals surface area contributed by atoms with Gasteiger partial charge in [0.2, 0.25) is 5.91 Å². The Morgan fingerprint density at radius 2 is 1.75 bits per heavy atom. The Balaban J connectivity index is 2.05. The van der Waals surface area contributed by atoms with E-state index in [-0.39, 0.29) is 11.8 Å². The molecule has 2 amide bonds. The van der Waals surface area contributed by atoms with Crippen LogP contribution in [0.5, 0.6) is 5.75 Å². The van der Waals surface area contributed by atoms with Crippen LogP contribution in [0.1, 0.15) is 10.4 Å². The zero-order valence-electron chi connectivity index (χ0n) is 11.5. The Hall–Kier alpha value is -2.30. The average Bonchev–Trinajstić information content (AvgIpc) is 2.53. The minimum absolute atomic E-state index is 0.0619. The predicted molar refractivity (Wildman–Crippen MR) is 75.7 cm³/mol. The van der Waals surface area contributed by atoms with E-state index in [1.165, 1.54) is 6.08 Å². The summed E-state index contributed by atoms with van der Waals surface area (Å²) in [5.41, 5.74) is 0.554. The molecule has 2 rings (SSSR count). The summed E-state index contributed by atoms with van der Waals surface area (Å²) in [4.78, 5) is 27.4. The number of amides is 2. The lowest BCUT2D eigenvalue weighted by Crippen LogP contribution is -2.50. The summed E-state index contributed by atoms with van der Waals surface area (Å²) in [6.45, 7) is 5.59. The van der Waals surface area contributed by atoms with Gasteiger partial charge in [0.15, 0.2) is 0 Å². The van der Waals surface area contributed by atoms with Crippen molar-refractivity contribution in [1.29, 1.82) is 0 Å². The van der Waals surface area contributed by atoms with E-state index < -0.39 is 0 Å². The zero-order valence-corrected chi connectivity index (χ0v) is 11.5. The predicted octanol–water partition coefficient (Wildman–Crippen LogP) is 1.17. The van der Waals surface area contributed by atoms with E-state index >= 15 is 0 Å². The normalized spacial score (nSPS) is 14.8. The largest absolute Gasteiger partial charge is 0.496 e. The van der Waals surface area contributed by atoms with Gasteiger partial charge in [-0.3, -0.25) is 9.59 Å². The molecule has 0 atom stereocenters. The molecule has 1 saturated heterocycles. The number of carbonyl (C=O) groups is 2. The maximum Gasteiger partial charge on any atom is 0.257 e. The standard InChI is InChI=1S/C15H18N2O3/c1-3-14(18)16-8-10-17(11-9-16)15(19)12-6-4-5-7-13(12)20-2/h3-7H,1,8-11H2,2H3. The van der Waals surface area contributed by atoms with Crippen molar-refractivity contribution in [1.82, 2.24) is 9.80 Å². The maximum atomic E-state index is 12.4. The van der Waals surface area contributed by atoms with Crippen LogP contribution in [0.2, 0.25) is 0 Å². The highest BCUT2D eigenvalue weighted by atomic mass is 16.5. The number of nitrogens with zero attached hydrogens (tertiary/aromatic N) is 2. The van der Waals surface area contributed by atoms with Crippen LogP contribution in [-0.4, -0.2) is 54.9 Å². The summed E-state index contributed by atoms with van der Waals surface area (Å²) < 4.78 is 5.21. The highest BCUT2D eigenvalue weighted by Crippen LogP contribution is 2.20. The van der Waals surface area contributed by atoms with Gasteiger partial charge in [-0.1, -0.05) is 18.7 Å². The van der Waals surface area contributed by atoms with Gasteiger partial charge in [-0.2, -0.15) is 0 Å². The minimum Gasteiger partial charge on any atom is -0.496 e. The van der Waals surface area contributed by atoms with Crippen molar-refractivity contribution in [3.05, 3.63) is 42.5 Å². The molecule has 0 bridgehead atoms. The molecular weight excluding hydrogens is 256 g/mol. The monoisotopic (exact) mass is 274 g/mol. The molecule has 1 heterocycles. The van der Waals surface area contributed by atoms with Crippen LogP contribution < -0.4 is 4.74 Å². The Morgan fingerprint density at radius 3 is 2.35 bits per heavy atom. The van der Waals surface area contributed by atoms with Gasteiger partial charge in [-0.25, -0.2) is 0 Å². The fourth-order valence-corrected chi connectivity index (χ4v) is 2.25.